The number of carbonyl (C=O) groups excluding carboxylic acids is 1. The van der Waals surface area contributed by atoms with Crippen molar-refractivity contribution in [3.8, 4) is 0 Å². The maximum absolute atomic E-state index is 11.1. The topological polar surface area (TPSA) is 86.6 Å². The predicted octanol–water partition coefficient (Wildman–Crippen LogP) is 0.370. The molecule has 2 rings (SSSR count). The number of rotatable bonds is 1. The second-order valence-electron chi connectivity index (χ2n) is 2.97. The van der Waals surface area contributed by atoms with Crippen molar-refractivity contribution in [2.45, 2.75) is 6.10 Å². The molecule has 0 aromatic heterocycles. The van der Waals surface area contributed by atoms with Crippen LogP contribution in [0.1, 0.15) is 22.0 Å². The average molecular weight is 193 g/mol. The van der Waals surface area contributed by atoms with E-state index < -0.39 is 18.0 Å². The van der Waals surface area contributed by atoms with Gasteiger partial charge in [0.1, 0.15) is 0 Å². The van der Waals surface area contributed by atoms with Crippen LogP contribution in [0.5, 0.6) is 0 Å². The molecule has 0 bridgehead atoms. The molecule has 0 unspecified atom stereocenters. The highest BCUT2D eigenvalue weighted by Gasteiger charge is 2.31. The third-order valence-electron chi connectivity index (χ3n) is 2.12. The van der Waals surface area contributed by atoms with E-state index in [0.29, 0.717) is 5.56 Å². The number of aliphatic hydroxyl groups is 1. The molecule has 1 aromatic carbocycles. The number of amides is 1. The molecular weight excluding hydrogens is 186 g/mol. The molecular formula is C9H7NO4. The highest BCUT2D eigenvalue weighted by atomic mass is 16.4. The van der Waals surface area contributed by atoms with Gasteiger partial charge in [-0.25, -0.2) is 4.79 Å². The summed E-state index contributed by atoms with van der Waals surface area (Å²) in [5, 5.41) is 20.5. The highest BCUT2D eigenvalue weighted by molar-refractivity contribution is 6.08. The molecule has 1 aliphatic heterocycles. The predicted molar refractivity (Wildman–Crippen MR) is 47.0 cm³/mol. The van der Waals surface area contributed by atoms with Crippen molar-refractivity contribution in [2.24, 2.45) is 0 Å². The fourth-order valence-electron chi connectivity index (χ4n) is 1.45. The van der Waals surface area contributed by atoms with Gasteiger partial charge >= 0.3 is 5.97 Å². The lowest BCUT2D eigenvalue weighted by Gasteiger charge is -2.02. The molecule has 1 amide bonds. The van der Waals surface area contributed by atoms with E-state index in [1.54, 1.807) is 0 Å². The van der Waals surface area contributed by atoms with Crippen LogP contribution in [0.2, 0.25) is 0 Å². The Bertz CT molecular complexity index is 427. The van der Waals surface area contributed by atoms with Crippen molar-refractivity contribution < 1.29 is 19.8 Å². The number of aromatic carboxylic acids is 1. The second kappa shape index (κ2) is 2.81. The van der Waals surface area contributed by atoms with Gasteiger partial charge in [0.15, 0.2) is 6.10 Å². The number of carbonyl (C=O) groups is 2. The van der Waals surface area contributed by atoms with E-state index in [9.17, 15) is 14.7 Å². The monoisotopic (exact) mass is 193 g/mol. The van der Waals surface area contributed by atoms with Gasteiger partial charge in [0.2, 0.25) is 0 Å². The standard InChI is InChI=1S/C9H7NO4/c11-7-4-2-1-3-5(9(13)14)6(4)10-8(7)12/h1-3,7,11H,(H,10,12)(H,13,14)/t7-/m1/s1. The van der Waals surface area contributed by atoms with Crippen LogP contribution in [0.25, 0.3) is 0 Å². The van der Waals surface area contributed by atoms with Crippen LogP contribution in [0.15, 0.2) is 18.2 Å². The molecule has 0 aliphatic carbocycles. The lowest BCUT2D eigenvalue weighted by molar-refractivity contribution is -0.123. The van der Waals surface area contributed by atoms with Crippen LogP contribution >= 0.6 is 0 Å². The van der Waals surface area contributed by atoms with E-state index in [1.165, 1.54) is 18.2 Å². The summed E-state index contributed by atoms with van der Waals surface area (Å²) in [5.41, 5.74) is 0.500. The normalized spacial score (nSPS) is 18.9. The van der Waals surface area contributed by atoms with Crippen molar-refractivity contribution in [2.75, 3.05) is 5.32 Å². The van der Waals surface area contributed by atoms with Crippen LogP contribution in [-0.4, -0.2) is 22.1 Å². The minimum absolute atomic E-state index is 0.00704. The zero-order valence-electron chi connectivity index (χ0n) is 7.02. The van der Waals surface area contributed by atoms with Crippen LogP contribution in [0.3, 0.4) is 0 Å². The van der Waals surface area contributed by atoms with Gasteiger partial charge < -0.3 is 15.5 Å². The van der Waals surface area contributed by atoms with E-state index >= 15 is 0 Å². The number of aliphatic hydroxyl groups excluding tert-OH is 1. The Labute approximate surface area is 79.0 Å². The molecule has 5 heteroatoms. The van der Waals surface area contributed by atoms with Crippen molar-refractivity contribution >= 4 is 17.6 Å². The lowest BCUT2D eigenvalue weighted by Crippen LogP contribution is -2.11. The molecule has 5 nitrogen and oxygen atoms in total. The summed E-state index contributed by atoms with van der Waals surface area (Å²) in [6.45, 7) is 0. The molecule has 0 saturated heterocycles. The van der Waals surface area contributed by atoms with Gasteiger partial charge in [-0.05, 0) is 6.07 Å². The number of hydrogen-bond donors (Lipinski definition) is 3. The number of benzene rings is 1. The molecule has 1 aliphatic rings. The first-order valence-corrected chi connectivity index (χ1v) is 3.96. The summed E-state index contributed by atoms with van der Waals surface area (Å²) in [5.74, 6) is -1.72. The van der Waals surface area contributed by atoms with Gasteiger partial charge in [0.05, 0.1) is 11.3 Å². The fourth-order valence-corrected chi connectivity index (χ4v) is 1.45. The maximum Gasteiger partial charge on any atom is 0.337 e. The minimum atomic E-state index is -1.26. The molecule has 0 radical (unpaired) electrons. The Hall–Kier alpha value is -1.88. The highest BCUT2D eigenvalue weighted by Crippen LogP contribution is 2.33. The van der Waals surface area contributed by atoms with Crippen LogP contribution in [0, 0.1) is 0 Å². The van der Waals surface area contributed by atoms with Gasteiger partial charge in [0, 0.05) is 5.56 Å². The number of carboxylic acid groups (broad SMARTS) is 1. The van der Waals surface area contributed by atoms with Crippen molar-refractivity contribution in [1.82, 2.24) is 0 Å². The number of fused-ring (bicyclic) bond motifs is 1. The Morgan fingerprint density at radius 3 is 2.79 bits per heavy atom. The quantitative estimate of drug-likeness (QED) is 0.601. The number of hydrogen-bond acceptors (Lipinski definition) is 3. The number of para-hydroxylation sites is 1. The van der Waals surface area contributed by atoms with Gasteiger partial charge in [-0.3, -0.25) is 4.79 Å². The van der Waals surface area contributed by atoms with Crippen LogP contribution < -0.4 is 5.32 Å². The van der Waals surface area contributed by atoms with Gasteiger partial charge in [0.25, 0.3) is 5.91 Å². The van der Waals surface area contributed by atoms with E-state index in [0.717, 1.165) is 0 Å². The molecule has 14 heavy (non-hydrogen) atoms. The average Bonchev–Trinajstić information content (AvgIpc) is 2.43. The van der Waals surface area contributed by atoms with E-state index in [4.69, 9.17) is 5.11 Å². The molecule has 0 fully saturated rings. The SMILES string of the molecule is O=C(O)c1cccc2c1NC(=O)[C@@H]2O. The largest absolute Gasteiger partial charge is 0.478 e. The van der Waals surface area contributed by atoms with E-state index in [2.05, 4.69) is 5.32 Å². The molecule has 3 N–H and O–H groups in total. The Kier molecular flexibility index (Phi) is 1.75. The first-order chi connectivity index (χ1) is 6.61. The lowest BCUT2D eigenvalue weighted by atomic mass is 10.1. The molecule has 0 saturated carbocycles. The van der Waals surface area contributed by atoms with Gasteiger partial charge in [-0.15, -0.1) is 0 Å². The third-order valence-corrected chi connectivity index (χ3v) is 2.12. The smallest absolute Gasteiger partial charge is 0.337 e. The molecule has 1 atom stereocenters. The minimum Gasteiger partial charge on any atom is -0.478 e. The van der Waals surface area contributed by atoms with E-state index in [1.807, 2.05) is 0 Å². The fraction of sp³-hybridized carbons (Fsp3) is 0.111. The second-order valence-corrected chi connectivity index (χ2v) is 2.97. The zero-order chi connectivity index (χ0) is 10.3. The third kappa shape index (κ3) is 1.06. The first-order valence-electron chi connectivity index (χ1n) is 3.96. The number of nitrogens with one attached hydrogen (secondary N) is 1. The Morgan fingerprint density at radius 2 is 2.14 bits per heavy atom. The summed E-state index contributed by atoms with van der Waals surface area (Å²) < 4.78 is 0. The van der Waals surface area contributed by atoms with Crippen molar-refractivity contribution in [3.05, 3.63) is 29.3 Å². The zero-order valence-corrected chi connectivity index (χ0v) is 7.02. The van der Waals surface area contributed by atoms with Crippen LogP contribution in [0.4, 0.5) is 5.69 Å². The van der Waals surface area contributed by atoms with Gasteiger partial charge in [-0.1, -0.05) is 12.1 Å². The summed E-state index contributed by atoms with van der Waals surface area (Å²) in [4.78, 5) is 21.8. The Balaban J connectivity index is 2.61. The molecule has 72 valence electrons. The first kappa shape index (κ1) is 8.71. The van der Waals surface area contributed by atoms with Gasteiger partial charge in [-0.2, -0.15) is 0 Å². The Morgan fingerprint density at radius 1 is 1.43 bits per heavy atom. The summed E-state index contributed by atoms with van der Waals surface area (Å²) >= 11 is 0. The van der Waals surface area contributed by atoms with Crippen LogP contribution in [-0.2, 0) is 4.79 Å². The maximum atomic E-state index is 11.1. The molecule has 1 aromatic rings. The molecule has 1 heterocycles. The van der Waals surface area contributed by atoms with Crippen molar-refractivity contribution in [3.63, 3.8) is 0 Å². The summed E-state index contributed by atoms with van der Waals surface area (Å²) in [7, 11) is 0. The summed E-state index contributed by atoms with van der Waals surface area (Å²) in [6, 6.07) is 4.38. The summed E-state index contributed by atoms with van der Waals surface area (Å²) in [6.07, 6.45) is -1.26. The molecule has 0 spiro atoms. The van der Waals surface area contributed by atoms with E-state index in [-0.39, 0.29) is 11.3 Å². The number of carboxylic acids is 1. The van der Waals surface area contributed by atoms with Crippen molar-refractivity contribution in [1.29, 1.82) is 0 Å². The number of anilines is 1.